The normalized spacial score (nSPS) is 11.8. The minimum atomic E-state index is -0.916. The summed E-state index contributed by atoms with van der Waals surface area (Å²) in [7, 11) is 0. The van der Waals surface area contributed by atoms with Gasteiger partial charge in [0.25, 0.3) is 0 Å². The standard InChI is InChI=1S/C23H22FNO3/c1-15(28-21-11-3-2-6-18(21)13-22(26)27)16-7-4-8-17(12-16)20-10-5-9-19(14-25)23(20)24/h2-12,15H,13-14,25H2,1H3,(H,26,27). The summed E-state index contributed by atoms with van der Waals surface area (Å²) in [6.45, 7) is 2.02. The van der Waals surface area contributed by atoms with E-state index >= 15 is 0 Å². The zero-order valence-electron chi connectivity index (χ0n) is 15.6. The number of hydrogen-bond donors (Lipinski definition) is 2. The monoisotopic (exact) mass is 379 g/mol. The Morgan fingerprint density at radius 3 is 2.54 bits per heavy atom. The van der Waals surface area contributed by atoms with Gasteiger partial charge in [-0.05, 0) is 30.2 Å². The summed E-state index contributed by atoms with van der Waals surface area (Å²) in [6.07, 6.45) is -0.448. The van der Waals surface area contributed by atoms with Gasteiger partial charge in [0.15, 0.2) is 0 Å². The lowest BCUT2D eigenvalue weighted by molar-refractivity contribution is -0.136. The summed E-state index contributed by atoms with van der Waals surface area (Å²) >= 11 is 0. The molecule has 0 saturated heterocycles. The molecule has 0 radical (unpaired) electrons. The maximum Gasteiger partial charge on any atom is 0.307 e. The second kappa shape index (κ2) is 8.67. The quantitative estimate of drug-likeness (QED) is 0.623. The van der Waals surface area contributed by atoms with Gasteiger partial charge in [0.05, 0.1) is 6.42 Å². The van der Waals surface area contributed by atoms with Gasteiger partial charge in [-0.2, -0.15) is 0 Å². The van der Waals surface area contributed by atoms with Crippen molar-refractivity contribution in [3.8, 4) is 16.9 Å². The van der Waals surface area contributed by atoms with Crippen molar-refractivity contribution in [2.45, 2.75) is 26.0 Å². The minimum Gasteiger partial charge on any atom is -0.486 e. The van der Waals surface area contributed by atoms with Gasteiger partial charge in [0.1, 0.15) is 17.7 Å². The van der Waals surface area contributed by atoms with Gasteiger partial charge in [-0.3, -0.25) is 4.79 Å². The van der Waals surface area contributed by atoms with Crippen molar-refractivity contribution in [1.29, 1.82) is 0 Å². The Kier molecular flexibility index (Phi) is 6.06. The van der Waals surface area contributed by atoms with E-state index in [0.717, 1.165) is 11.1 Å². The number of carbonyl (C=O) groups is 1. The molecule has 3 rings (SSSR count). The summed E-state index contributed by atoms with van der Waals surface area (Å²) in [4.78, 5) is 11.1. The summed E-state index contributed by atoms with van der Waals surface area (Å²) in [6, 6.07) is 19.7. The molecule has 0 spiro atoms. The lowest BCUT2D eigenvalue weighted by Gasteiger charge is -2.18. The van der Waals surface area contributed by atoms with E-state index in [0.29, 0.717) is 22.4 Å². The van der Waals surface area contributed by atoms with Crippen molar-refractivity contribution in [1.82, 2.24) is 0 Å². The smallest absolute Gasteiger partial charge is 0.307 e. The molecule has 4 nitrogen and oxygen atoms in total. The van der Waals surface area contributed by atoms with E-state index < -0.39 is 5.97 Å². The molecule has 1 unspecified atom stereocenters. The summed E-state index contributed by atoms with van der Waals surface area (Å²) in [5, 5.41) is 9.07. The zero-order chi connectivity index (χ0) is 20.1. The molecule has 3 aromatic carbocycles. The highest BCUT2D eigenvalue weighted by molar-refractivity contribution is 5.71. The van der Waals surface area contributed by atoms with Gasteiger partial charge in [-0.25, -0.2) is 4.39 Å². The molecule has 0 saturated carbocycles. The SMILES string of the molecule is CC(Oc1ccccc1CC(=O)O)c1cccc(-c2cccc(CN)c2F)c1. The molecule has 0 bridgehead atoms. The third-order valence-corrected chi connectivity index (χ3v) is 4.58. The lowest BCUT2D eigenvalue weighted by Crippen LogP contribution is -2.07. The van der Waals surface area contributed by atoms with E-state index in [1.54, 1.807) is 42.5 Å². The second-order valence-electron chi connectivity index (χ2n) is 6.55. The Labute approximate surface area is 163 Å². The van der Waals surface area contributed by atoms with Crippen LogP contribution in [0.15, 0.2) is 66.7 Å². The van der Waals surface area contributed by atoms with Crippen LogP contribution < -0.4 is 10.5 Å². The molecular weight excluding hydrogens is 357 g/mol. The fourth-order valence-corrected chi connectivity index (χ4v) is 3.11. The first-order chi connectivity index (χ1) is 13.5. The largest absolute Gasteiger partial charge is 0.486 e. The van der Waals surface area contributed by atoms with Crippen LogP contribution in [0.1, 0.15) is 29.7 Å². The minimum absolute atomic E-state index is 0.111. The third kappa shape index (κ3) is 4.38. The summed E-state index contributed by atoms with van der Waals surface area (Å²) in [5.41, 5.74) is 8.77. The van der Waals surface area contributed by atoms with Crippen molar-refractivity contribution in [3.05, 3.63) is 89.2 Å². The predicted octanol–water partition coefficient (Wildman–Crippen LogP) is 4.72. The van der Waals surface area contributed by atoms with Gasteiger partial charge in [0, 0.05) is 23.2 Å². The molecule has 0 aliphatic heterocycles. The summed E-state index contributed by atoms with van der Waals surface area (Å²) < 4.78 is 20.7. The molecule has 28 heavy (non-hydrogen) atoms. The van der Waals surface area contributed by atoms with Crippen LogP contribution in [0.3, 0.4) is 0 Å². The average Bonchev–Trinajstić information content (AvgIpc) is 2.69. The molecule has 1 atom stereocenters. The van der Waals surface area contributed by atoms with Crippen molar-refractivity contribution >= 4 is 5.97 Å². The topological polar surface area (TPSA) is 72.5 Å². The van der Waals surface area contributed by atoms with Gasteiger partial charge in [-0.1, -0.05) is 54.6 Å². The highest BCUT2D eigenvalue weighted by atomic mass is 19.1. The van der Waals surface area contributed by atoms with Crippen LogP contribution in [0.25, 0.3) is 11.1 Å². The van der Waals surface area contributed by atoms with E-state index in [4.69, 9.17) is 15.6 Å². The van der Waals surface area contributed by atoms with Crippen LogP contribution in [0.2, 0.25) is 0 Å². The van der Waals surface area contributed by atoms with Crippen LogP contribution in [-0.2, 0) is 17.8 Å². The Balaban J connectivity index is 1.88. The maximum atomic E-state index is 14.6. The van der Waals surface area contributed by atoms with Crippen molar-refractivity contribution in [3.63, 3.8) is 0 Å². The fraction of sp³-hybridized carbons (Fsp3) is 0.174. The van der Waals surface area contributed by atoms with Gasteiger partial charge < -0.3 is 15.6 Å². The first kappa shape index (κ1) is 19.6. The van der Waals surface area contributed by atoms with Crippen molar-refractivity contribution in [2.75, 3.05) is 0 Å². The number of ether oxygens (including phenoxy) is 1. The number of carboxylic acid groups (broad SMARTS) is 1. The number of benzene rings is 3. The number of hydrogen-bond acceptors (Lipinski definition) is 3. The van der Waals surface area contributed by atoms with Crippen LogP contribution in [0.5, 0.6) is 5.75 Å². The molecule has 0 fully saturated rings. The number of aliphatic carboxylic acids is 1. The number of nitrogens with two attached hydrogens (primary N) is 1. The first-order valence-corrected chi connectivity index (χ1v) is 9.03. The molecule has 3 N–H and O–H groups in total. The van der Waals surface area contributed by atoms with E-state index in [1.807, 2.05) is 31.2 Å². The molecule has 144 valence electrons. The van der Waals surface area contributed by atoms with Crippen LogP contribution in [0, 0.1) is 5.82 Å². The number of rotatable bonds is 7. The van der Waals surface area contributed by atoms with Gasteiger partial charge in [0.2, 0.25) is 0 Å². The van der Waals surface area contributed by atoms with E-state index in [-0.39, 0.29) is 24.9 Å². The molecule has 5 heteroatoms. The summed E-state index contributed by atoms with van der Waals surface area (Å²) in [5.74, 6) is -0.706. The molecule has 0 aliphatic carbocycles. The van der Waals surface area contributed by atoms with E-state index in [1.165, 1.54) is 0 Å². The maximum absolute atomic E-state index is 14.6. The number of halogens is 1. The third-order valence-electron chi connectivity index (χ3n) is 4.58. The molecule has 0 heterocycles. The predicted molar refractivity (Wildman–Crippen MR) is 107 cm³/mol. The van der Waals surface area contributed by atoms with Crippen LogP contribution >= 0.6 is 0 Å². The fourth-order valence-electron chi connectivity index (χ4n) is 3.11. The van der Waals surface area contributed by atoms with Crippen LogP contribution in [0.4, 0.5) is 4.39 Å². The Morgan fingerprint density at radius 2 is 1.79 bits per heavy atom. The number of carboxylic acids is 1. The Hall–Kier alpha value is -3.18. The van der Waals surface area contributed by atoms with Crippen molar-refractivity contribution < 1.29 is 19.0 Å². The highest BCUT2D eigenvalue weighted by Crippen LogP contribution is 2.30. The zero-order valence-corrected chi connectivity index (χ0v) is 15.6. The molecule has 0 aliphatic rings. The molecular formula is C23H22FNO3. The molecule has 0 aromatic heterocycles. The lowest BCUT2D eigenvalue weighted by atomic mass is 9.98. The first-order valence-electron chi connectivity index (χ1n) is 9.03. The Bertz CT molecular complexity index is 987. The van der Waals surface area contributed by atoms with Gasteiger partial charge in [-0.15, -0.1) is 0 Å². The van der Waals surface area contributed by atoms with E-state index in [9.17, 15) is 9.18 Å². The number of para-hydroxylation sites is 1. The average molecular weight is 379 g/mol. The second-order valence-corrected chi connectivity index (χ2v) is 6.55. The molecule has 3 aromatic rings. The van der Waals surface area contributed by atoms with Crippen molar-refractivity contribution in [2.24, 2.45) is 5.73 Å². The molecule has 0 amide bonds. The highest BCUT2D eigenvalue weighted by Gasteiger charge is 2.14. The van der Waals surface area contributed by atoms with Crippen LogP contribution in [-0.4, -0.2) is 11.1 Å². The van der Waals surface area contributed by atoms with E-state index in [2.05, 4.69) is 0 Å². The Morgan fingerprint density at radius 1 is 1.07 bits per heavy atom. The van der Waals surface area contributed by atoms with Gasteiger partial charge >= 0.3 is 5.97 Å².